The van der Waals surface area contributed by atoms with Gasteiger partial charge in [0.05, 0.1) is 0 Å². The Kier molecular flexibility index (Phi) is 3.85. The van der Waals surface area contributed by atoms with Crippen LogP contribution in [0.3, 0.4) is 0 Å². The van der Waals surface area contributed by atoms with Gasteiger partial charge in [-0.2, -0.15) is 0 Å². The summed E-state index contributed by atoms with van der Waals surface area (Å²) in [6, 6.07) is 9.69. The number of ketones is 1. The van der Waals surface area contributed by atoms with Crippen molar-refractivity contribution >= 4 is 11.5 Å². The molecule has 0 radical (unpaired) electrons. The van der Waals surface area contributed by atoms with E-state index < -0.39 is 0 Å². The third-order valence-corrected chi connectivity index (χ3v) is 1.79. The van der Waals surface area contributed by atoms with Gasteiger partial charge in [-0.1, -0.05) is 35.5 Å². The van der Waals surface area contributed by atoms with Crippen LogP contribution in [0, 0.1) is 0 Å². The fraction of sp³-hybridized carbons (Fsp3) is 0.273. The van der Waals surface area contributed by atoms with E-state index in [0.717, 1.165) is 5.56 Å². The molecule has 0 aliphatic carbocycles. The van der Waals surface area contributed by atoms with Crippen LogP contribution in [0.1, 0.15) is 19.4 Å². The van der Waals surface area contributed by atoms with Crippen molar-refractivity contribution in [1.29, 1.82) is 0 Å². The zero-order valence-electron chi connectivity index (χ0n) is 8.36. The smallest absolute Gasteiger partial charge is 0.177 e. The third-order valence-electron chi connectivity index (χ3n) is 1.79. The third kappa shape index (κ3) is 3.39. The number of oxime groups is 1. The summed E-state index contributed by atoms with van der Waals surface area (Å²) >= 11 is 0. The van der Waals surface area contributed by atoms with Crippen molar-refractivity contribution in [3.8, 4) is 0 Å². The minimum atomic E-state index is -0.0712. The van der Waals surface area contributed by atoms with Crippen LogP contribution < -0.4 is 0 Å². The molecule has 0 aliphatic rings. The second-order valence-electron chi connectivity index (χ2n) is 2.99. The van der Waals surface area contributed by atoms with Gasteiger partial charge >= 0.3 is 0 Å². The molecule has 0 bridgehead atoms. The van der Waals surface area contributed by atoms with Crippen molar-refractivity contribution in [1.82, 2.24) is 0 Å². The summed E-state index contributed by atoms with van der Waals surface area (Å²) in [5.41, 5.74) is 1.42. The van der Waals surface area contributed by atoms with Crippen molar-refractivity contribution in [3.05, 3.63) is 35.9 Å². The van der Waals surface area contributed by atoms with Crippen LogP contribution in [0.4, 0.5) is 0 Å². The van der Waals surface area contributed by atoms with Gasteiger partial charge < -0.3 is 4.84 Å². The van der Waals surface area contributed by atoms with Crippen molar-refractivity contribution in [2.45, 2.75) is 20.5 Å². The molecule has 1 rings (SSSR count). The van der Waals surface area contributed by atoms with Gasteiger partial charge in [0.1, 0.15) is 12.3 Å². The van der Waals surface area contributed by atoms with Crippen LogP contribution in [0.2, 0.25) is 0 Å². The number of hydrogen-bond donors (Lipinski definition) is 0. The lowest BCUT2D eigenvalue weighted by Gasteiger charge is -1.99. The minimum absolute atomic E-state index is 0.0712. The maximum Gasteiger partial charge on any atom is 0.177 e. The highest BCUT2D eigenvalue weighted by Gasteiger charge is 1.97. The Morgan fingerprint density at radius 2 is 1.93 bits per heavy atom. The van der Waals surface area contributed by atoms with E-state index in [2.05, 4.69) is 5.16 Å². The highest BCUT2D eigenvalue weighted by atomic mass is 16.6. The summed E-state index contributed by atoms with van der Waals surface area (Å²) in [4.78, 5) is 15.8. The molecule has 3 heteroatoms. The van der Waals surface area contributed by atoms with E-state index in [-0.39, 0.29) is 5.78 Å². The van der Waals surface area contributed by atoms with E-state index >= 15 is 0 Å². The van der Waals surface area contributed by atoms with Crippen molar-refractivity contribution in [3.63, 3.8) is 0 Å². The van der Waals surface area contributed by atoms with Crippen molar-refractivity contribution < 1.29 is 9.63 Å². The summed E-state index contributed by atoms with van der Waals surface area (Å²) in [5.74, 6) is -0.0712. The Bertz CT molecular complexity index is 330. The molecule has 0 aromatic heterocycles. The molecular formula is C11H13NO2. The van der Waals surface area contributed by atoms with E-state index in [1.54, 1.807) is 6.92 Å². The summed E-state index contributed by atoms with van der Waals surface area (Å²) < 4.78 is 0. The van der Waals surface area contributed by atoms with Crippen LogP contribution in [0.25, 0.3) is 0 Å². The maximum absolute atomic E-state index is 10.8. The number of carbonyl (C=O) groups excluding carboxylic acids is 1. The Morgan fingerprint density at radius 1 is 1.29 bits per heavy atom. The Balaban J connectivity index is 2.43. The molecular weight excluding hydrogens is 178 g/mol. The summed E-state index contributed by atoms with van der Waals surface area (Å²) in [7, 11) is 0. The van der Waals surface area contributed by atoms with E-state index in [9.17, 15) is 4.79 Å². The zero-order valence-corrected chi connectivity index (χ0v) is 8.36. The van der Waals surface area contributed by atoms with Crippen molar-refractivity contribution in [2.24, 2.45) is 5.16 Å². The highest BCUT2D eigenvalue weighted by molar-refractivity contribution is 6.37. The van der Waals surface area contributed by atoms with Gasteiger partial charge in [-0.3, -0.25) is 4.79 Å². The molecule has 0 amide bonds. The monoisotopic (exact) mass is 191 g/mol. The normalized spacial score (nSPS) is 11.1. The standard InChI is InChI=1S/C11H13NO2/c1-9(10(2)13)12-14-8-11-6-4-3-5-7-11/h3-7H,8H2,1-2H3/b12-9+. The number of benzene rings is 1. The fourth-order valence-electron chi connectivity index (χ4n) is 0.842. The first-order valence-corrected chi connectivity index (χ1v) is 4.41. The summed E-state index contributed by atoms with van der Waals surface area (Å²) in [6.07, 6.45) is 0. The largest absolute Gasteiger partial charge is 0.391 e. The van der Waals surface area contributed by atoms with Gasteiger partial charge in [-0.25, -0.2) is 0 Å². The molecule has 0 aliphatic heterocycles. The van der Waals surface area contributed by atoms with Gasteiger partial charge in [0.15, 0.2) is 5.78 Å². The lowest BCUT2D eigenvalue weighted by atomic mass is 10.2. The zero-order chi connectivity index (χ0) is 10.4. The van der Waals surface area contributed by atoms with Gasteiger partial charge in [-0.05, 0) is 12.5 Å². The molecule has 0 fully saturated rings. The van der Waals surface area contributed by atoms with Crippen LogP contribution in [-0.4, -0.2) is 11.5 Å². The predicted molar refractivity (Wildman–Crippen MR) is 55.0 cm³/mol. The van der Waals surface area contributed by atoms with Crippen LogP contribution in [0.15, 0.2) is 35.5 Å². The first kappa shape index (κ1) is 10.4. The summed E-state index contributed by atoms with van der Waals surface area (Å²) in [6.45, 7) is 3.49. The second kappa shape index (κ2) is 5.17. The van der Waals surface area contributed by atoms with Gasteiger partial charge in [0, 0.05) is 6.92 Å². The van der Waals surface area contributed by atoms with E-state index in [1.807, 2.05) is 30.3 Å². The average molecular weight is 191 g/mol. The molecule has 0 spiro atoms. The molecule has 14 heavy (non-hydrogen) atoms. The molecule has 3 nitrogen and oxygen atoms in total. The molecule has 0 saturated heterocycles. The van der Waals surface area contributed by atoms with Crippen LogP contribution in [0.5, 0.6) is 0 Å². The maximum atomic E-state index is 10.8. The summed E-state index contributed by atoms with van der Waals surface area (Å²) in [5, 5.41) is 3.69. The molecule has 1 aromatic carbocycles. The Labute approximate surface area is 83.4 Å². The Hall–Kier alpha value is -1.64. The lowest BCUT2D eigenvalue weighted by molar-refractivity contribution is -0.111. The van der Waals surface area contributed by atoms with Gasteiger partial charge in [-0.15, -0.1) is 0 Å². The van der Waals surface area contributed by atoms with Crippen molar-refractivity contribution in [2.75, 3.05) is 0 Å². The average Bonchev–Trinajstić information content (AvgIpc) is 2.19. The van der Waals surface area contributed by atoms with Crippen LogP contribution >= 0.6 is 0 Å². The number of rotatable bonds is 4. The van der Waals surface area contributed by atoms with E-state index in [0.29, 0.717) is 12.3 Å². The van der Waals surface area contributed by atoms with Gasteiger partial charge in [0.2, 0.25) is 0 Å². The van der Waals surface area contributed by atoms with E-state index in [4.69, 9.17) is 4.84 Å². The lowest BCUT2D eigenvalue weighted by Crippen LogP contribution is -2.05. The molecule has 0 N–H and O–H groups in total. The van der Waals surface area contributed by atoms with Crippen LogP contribution in [-0.2, 0) is 16.2 Å². The minimum Gasteiger partial charge on any atom is -0.391 e. The number of hydrogen-bond acceptors (Lipinski definition) is 3. The molecule has 0 atom stereocenters. The SMILES string of the molecule is CC(=O)/C(C)=N/OCc1ccccc1. The van der Waals surface area contributed by atoms with Gasteiger partial charge in [0.25, 0.3) is 0 Å². The molecule has 1 aromatic rings. The predicted octanol–water partition coefficient (Wildman–Crippen LogP) is 2.17. The quantitative estimate of drug-likeness (QED) is 0.540. The number of Topliss-reactive ketones (excluding diaryl/α,β-unsaturated/α-hetero) is 1. The second-order valence-corrected chi connectivity index (χ2v) is 2.99. The number of nitrogens with zero attached hydrogens (tertiary/aromatic N) is 1. The first-order valence-electron chi connectivity index (χ1n) is 4.41. The van der Waals surface area contributed by atoms with E-state index in [1.165, 1.54) is 6.92 Å². The number of carbonyl (C=O) groups is 1. The fourth-order valence-corrected chi connectivity index (χ4v) is 0.842. The Morgan fingerprint density at radius 3 is 2.50 bits per heavy atom. The molecule has 0 saturated carbocycles. The molecule has 74 valence electrons. The highest BCUT2D eigenvalue weighted by Crippen LogP contribution is 2.00. The molecule has 0 heterocycles. The molecule has 0 unspecified atom stereocenters. The topological polar surface area (TPSA) is 38.7 Å². The first-order chi connectivity index (χ1) is 6.70.